The maximum absolute atomic E-state index is 3.66. The summed E-state index contributed by atoms with van der Waals surface area (Å²) in [6.45, 7) is 7.32. The molecule has 0 atom stereocenters. The lowest BCUT2D eigenvalue weighted by Gasteiger charge is -1.93. The van der Waals surface area contributed by atoms with Gasteiger partial charge in [0, 0.05) is 4.47 Å². The number of benzene rings is 2. The molecule has 0 aliphatic carbocycles. The van der Waals surface area contributed by atoms with Gasteiger partial charge in [-0.1, -0.05) is 83.2 Å². The molecule has 0 saturated heterocycles. The maximum atomic E-state index is 3.66. The van der Waals surface area contributed by atoms with Gasteiger partial charge in [0.25, 0.3) is 0 Å². The lowest BCUT2D eigenvalue weighted by molar-refractivity contribution is 1.28. The molecule has 0 radical (unpaired) electrons. The molecule has 0 spiro atoms. The van der Waals surface area contributed by atoms with Gasteiger partial charge in [-0.05, 0) is 23.6 Å². The highest BCUT2D eigenvalue weighted by molar-refractivity contribution is 9.10. The van der Waals surface area contributed by atoms with E-state index in [1.54, 1.807) is 0 Å². The van der Waals surface area contributed by atoms with Crippen LogP contribution in [0.3, 0.4) is 0 Å². The largest absolute Gasteiger partial charge is 0.103 e. The van der Waals surface area contributed by atoms with E-state index in [9.17, 15) is 0 Å². The molecule has 0 nitrogen and oxygen atoms in total. The first-order valence-electron chi connectivity index (χ1n) is 5.79. The first-order chi connectivity index (χ1) is 8.77. The second-order valence-electron chi connectivity index (χ2n) is 3.70. The minimum absolute atomic E-state index is 0.973. The molecule has 0 N–H and O–H groups in total. The van der Waals surface area contributed by atoms with E-state index in [1.165, 1.54) is 5.56 Å². The summed E-state index contributed by atoms with van der Waals surface area (Å²) in [6, 6.07) is 18.3. The van der Waals surface area contributed by atoms with E-state index in [0.29, 0.717) is 0 Å². The van der Waals surface area contributed by atoms with E-state index < -0.39 is 0 Å². The molecule has 2 aromatic rings. The van der Waals surface area contributed by atoms with E-state index in [1.807, 2.05) is 54.6 Å². The Morgan fingerprint density at radius 1 is 0.889 bits per heavy atom. The Hall–Kier alpha value is -1.60. The molecule has 0 heterocycles. The minimum atomic E-state index is 0.973. The Balaban J connectivity index is 0.000000180. The van der Waals surface area contributed by atoms with Crippen LogP contribution < -0.4 is 0 Å². The van der Waals surface area contributed by atoms with Crippen molar-refractivity contribution >= 4 is 22.0 Å². The summed E-state index contributed by atoms with van der Waals surface area (Å²) in [5.74, 6) is 0. The third kappa shape index (κ3) is 5.15. The van der Waals surface area contributed by atoms with Gasteiger partial charge in [-0.3, -0.25) is 0 Å². The van der Waals surface area contributed by atoms with Crippen molar-refractivity contribution in [3.05, 3.63) is 89.4 Å². The van der Waals surface area contributed by atoms with E-state index in [2.05, 4.69) is 41.2 Å². The summed E-state index contributed by atoms with van der Waals surface area (Å²) in [5, 5.41) is 0. The first-order valence-corrected chi connectivity index (χ1v) is 6.59. The van der Waals surface area contributed by atoms with Crippen molar-refractivity contribution in [1.29, 1.82) is 0 Å². The molecule has 92 valence electrons. The van der Waals surface area contributed by atoms with Crippen molar-refractivity contribution in [1.82, 2.24) is 0 Å². The van der Waals surface area contributed by atoms with Crippen molar-refractivity contribution in [2.45, 2.75) is 6.42 Å². The summed E-state index contributed by atoms with van der Waals surface area (Å²) < 4.78 is 1.10. The van der Waals surface area contributed by atoms with Crippen LogP contribution in [0.2, 0.25) is 0 Å². The topological polar surface area (TPSA) is 0 Å². The van der Waals surface area contributed by atoms with Crippen molar-refractivity contribution < 1.29 is 0 Å². The summed E-state index contributed by atoms with van der Waals surface area (Å²) >= 11 is 3.39. The van der Waals surface area contributed by atoms with E-state index >= 15 is 0 Å². The molecule has 2 aromatic carbocycles. The quantitative estimate of drug-likeness (QED) is 0.656. The van der Waals surface area contributed by atoms with Crippen LogP contribution in [0.15, 0.2) is 78.3 Å². The molecule has 0 saturated carbocycles. The average molecular weight is 301 g/mol. The molecule has 0 amide bonds. The van der Waals surface area contributed by atoms with Crippen molar-refractivity contribution in [2.75, 3.05) is 0 Å². The molecule has 0 aliphatic heterocycles. The second-order valence-corrected chi connectivity index (χ2v) is 4.56. The molecule has 0 aliphatic rings. The Labute approximate surface area is 118 Å². The molecule has 0 aromatic heterocycles. The molecular formula is C17H17Br. The van der Waals surface area contributed by atoms with Crippen LogP contribution in [0.5, 0.6) is 0 Å². The molecule has 0 bridgehead atoms. The van der Waals surface area contributed by atoms with Gasteiger partial charge in [0.1, 0.15) is 0 Å². The Morgan fingerprint density at radius 2 is 1.50 bits per heavy atom. The zero-order chi connectivity index (χ0) is 13.2. The average Bonchev–Trinajstić information content (AvgIpc) is 2.42. The molecule has 2 rings (SSSR count). The second kappa shape index (κ2) is 8.48. The van der Waals surface area contributed by atoms with Gasteiger partial charge in [-0.2, -0.15) is 0 Å². The SMILES string of the molecule is C=CCc1ccccc1.C=Cc1ccccc1Br. The number of halogens is 1. The molecular weight excluding hydrogens is 284 g/mol. The van der Waals surface area contributed by atoms with E-state index in [-0.39, 0.29) is 0 Å². The van der Waals surface area contributed by atoms with Gasteiger partial charge in [0.05, 0.1) is 0 Å². The van der Waals surface area contributed by atoms with Crippen LogP contribution in [-0.4, -0.2) is 0 Å². The minimum Gasteiger partial charge on any atom is -0.103 e. The zero-order valence-electron chi connectivity index (χ0n) is 10.4. The monoisotopic (exact) mass is 300 g/mol. The van der Waals surface area contributed by atoms with E-state index in [4.69, 9.17) is 0 Å². The predicted molar refractivity (Wildman–Crippen MR) is 84.6 cm³/mol. The van der Waals surface area contributed by atoms with Gasteiger partial charge in [-0.15, -0.1) is 6.58 Å². The summed E-state index contributed by atoms with van der Waals surface area (Å²) in [7, 11) is 0. The number of allylic oxidation sites excluding steroid dienone is 1. The van der Waals surface area contributed by atoms with E-state index in [0.717, 1.165) is 16.5 Å². The highest BCUT2D eigenvalue weighted by atomic mass is 79.9. The van der Waals surface area contributed by atoms with Gasteiger partial charge in [0.2, 0.25) is 0 Å². The smallest absolute Gasteiger partial charge is 0.0247 e. The van der Waals surface area contributed by atoms with Gasteiger partial charge < -0.3 is 0 Å². The van der Waals surface area contributed by atoms with Crippen LogP contribution in [0, 0.1) is 0 Å². The van der Waals surface area contributed by atoms with Gasteiger partial charge in [-0.25, -0.2) is 0 Å². The fourth-order valence-corrected chi connectivity index (χ4v) is 1.87. The summed E-state index contributed by atoms with van der Waals surface area (Å²) in [5.41, 5.74) is 2.46. The predicted octanol–water partition coefficient (Wildman–Crippen LogP) is 5.51. The van der Waals surface area contributed by atoms with Crippen molar-refractivity contribution in [3.63, 3.8) is 0 Å². The zero-order valence-corrected chi connectivity index (χ0v) is 11.9. The summed E-state index contributed by atoms with van der Waals surface area (Å²) in [4.78, 5) is 0. The molecule has 0 unspecified atom stereocenters. The van der Waals surface area contributed by atoms with Crippen LogP contribution in [0.4, 0.5) is 0 Å². The number of rotatable bonds is 3. The molecule has 18 heavy (non-hydrogen) atoms. The number of hydrogen-bond donors (Lipinski definition) is 0. The molecule has 0 fully saturated rings. The standard InChI is InChI=1S/C9H10.C8H7Br/c1-2-6-9-7-4-3-5-8-9;1-2-7-5-3-4-6-8(7)9/h2-5,7-8H,1,6H2;2-6H,1H2. The normalized spacial score (nSPS) is 8.94. The Bertz CT molecular complexity index is 486. The number of hydrogen-bond acceptors (Lipinski definition) is 0. The third-order valence-corrected chi connectivity index (χ3v) is 3.07. The van der Waals surface area contributed by atoms with Crippen LogP contribution in [-0.2, 0) is 6.42 Å². The van der Waals surface area contributed by atoms with Gasteiger partial charge in [0.15, 0.2) is 0 Å². The van der Waals surface area contributed by atoms with Crippen LogP contribution in [0.25, 0.3) is 6.08 Å². The van der Waals surface area contributed by atoms with Crippen molar-refractivity contribution in [2.24, 2.45) is 0 Å². The highest BCUT2D eigenvalue weighted by Gasteiger charge is 1.88. The Kier molecular flexibility index (Phi) is 6.82. The van der Waals surface area contributed by atoms with Crippen molar-refractivity contribution in [3.8, 4) is 0 Å². The molecule has 1 heteroatoms. The Morgan fingerprint density at radius 3 is 2.00 bits per heavy atom. The van der Waals surface area contributed by atoms with Crippen LogP contribution in [0.1, 0.15) is 11.1 Å². The fourth-order valence-electron chi connectivity index (χ4n) is 1.42. The highest BCUT2D eigenvalue weighted by Crippen LogP contribution is 2.15. The van der Waals surface area contributed by atoms with Crippen LogP contribution >= 0.6 is 15.9 Å². The first kappa shape index (κ1) is 14.5. The lowest BCUT2D eigenvalue weighted by Crippen LogP contribution is -1.75. The third-order valence-electron chi connectivity index (χ3n) is 2.35. The summed E-state index contributed by atoms with van der Waals surface area (Å²) in [6.07, 6.45) is 4.71. The lowest BCUT2D eigenvalue weighted by atomic mass is 10.2. The maximum Gasteiger partial charge on any atom is 0.0247 e. The van der Waals surface area contributed by atoms with Gasteiger partial charge >= 0.3 is 0 Å². The fraction of sp³-hybridized carbons (Fsp3) is 0.0588.